The van der Waals surface area contributed by atoms with Gasteiger partial charge in [-0.1, -0.05) is 18.2 Å². The first-order valence-corrected chi connectivity index (χ1v) is 4.98. The topological polar surface area (TPSA) is 35.0 Å². The van der Waals surface area contributed by atoms with Gasteiger partial charge in [-0.3, -0.25) is 0 Å². The molecular formula is C13H12N2O. The molecule has 0 N–H and O–H groups in total. The molecule has 0 aliphatic carbocycles. The summed E-state index contributed by atoms with van der Waals surface area (Å²) in [5.41, 5.74) is 1.95. The zero-order valence-corrected chi connectivity index (χ0v) is 9.00. The minimum atomic E-state index is 0.846. The zero-order chi connectivity index (χ0) is 11.2. The fourth-order valence-electron chi connectivity index (χ4n) is 1.30. The van der Waals surface area contributed by atoms with Gasteiger partial charge in [0.15, 0.2) is 0 Å². The summed E-state index contributed by atoms with van der Waals surface area (Å²) in [5, 5.41) is 7.77. The van der Waals surface area contributed by atoms with E-state index in [1.54, 1.807) is 13.3 Å². The maximum Gasteiger partial charge on any atom is 0.118 e. The molecule has 1 heterocycles. The summed E-state index contributed by atoms with van der Waals surface area (Å²) in [4.78, 5) is 0. The molecule has 0 fully saturated rings. The van der Waals surface area contributed by atoms with Crippen molar-refractivity contribution >= 4 is 12.2 Å². The third kappa shape index (κ3) is 2.67. The van der Waals surface area contributed by atoms with Gasteiger partial charge in [0, 0.05) is 6.20 Å². The molecule has 0 aliphatic rings. The number of hydrogen-bond acceptors (Lipinski definition) is 3. The molecule has 0 saturated carbocycles. The summed E-state index contributed by atoms with van der Waals surface area (Å²) in [6.07, 6.45) is 5.57. The van der Waals surface area contributed by atoms with Crippen molar-refractivity contribution in [1.29, 1.82) is 0 Å². The number of rotatable bonds is 3. The van der Waals surface area contributed by atoms with Gasteiger partial charge in [0.05, 0.1) is 12.8 Å². The van der Waals surface area contributed by atoms with Gasteiger partial charge in [-0.05, 0) is 35.9 Å². The van der Waals surface area contributed by atoms with Crippen LogP contribution in [0.25, 0.3) is 12.2 Å². The first kappa shape index (κ1) is 10.4. The van der Waals surface area contributed by atoms with Gasteiger partial charge in [-0.15, -0.1) is 0 Å². The van der Waals surface area contributed by atoms with Crippen molar-refractivity contribution in [3.05, 3.63) is 53.9 Å². The molecule has 0 unspecified atom stereocenters. The van der Waals surface area contributed by atoms with Crippen LogP contribution in [-0.4, -0.2) is 17.3 Å². The van der Waals surface area contributed by atoms with Gasteiger partial charge in [-0.25, -0.2) is 0 Å². The van der Waals surface area contributed by atoms with Crippen LogP contribution in [0.2, 0.25) is 0 Å². The number of aromatic nitrogens is 2. The SMILES string of the molecule is COc1ccc(/C=C/c2cccnn2)cc1. The van der Waals surface area contributed by atoms with Gasteiger partial charge in [0.2, 0.25) is 0 Å². The smallest absolute Gasteiger partial charge is 0.118 e. The van der Waals surface area contributed by atoms with Crippen LogP contribution in [0.5, 0.6) is 5.75 Å². The lowest BCUT2D eigenvalue weighted by molar-refractivity contribution is 0.415. The second-order valence-electron chi connectivity index (χ2n) is 3.26. The Labute approximate surface area is 94.4 Å². The van der Waals surface area contributed by atoms with Crippen molar-refractivity contribution < 1.29 is 4.74 Å². The molecule has 0 spiro atoms. The summed E-state index contributed by atoms with van der Waals surface area (Å²) >= 11 is 0. The molecule has 16 heavy (non-hydrogen) atoms. The highest BCUT2D eigenvalue weighted by molar-refractivity contribution is 5.67. The fourth-order valence-corrected chi connectivity index (χ4v) is 1.30. The van der Waals surface area contributed by atoms with E-state index in [0.717, 1.165) is 17.0 Å². The number of hydrogen-bond donors (Lipinski definition) is 0. The monoisotopic (exact) mass is 212 g/mol. The second kappa shape index (κ2) is 5.07. The lowest BCUT2D eigenvalue weighted by Gasteiger charge is -1.98. The van der Waals surface area contributed by atoms with Crippen LogP contribution in [0.15, 0.2) is 42.6 Å². The molecule has 1 aromatic carbocycles. The van der Waals surface area contributed by atoms with E-state index in [4.69, 9.17) is 4.74 Å². The van der Waals surface area contributed by atoms with Crippen LogP contribution in [0.4, 0.5) is 0 Å². The molecule has 2 aromatic rings. The quantitative estimate of drug-likeness (QED) is 0.784. The molecule has 0 saturated heterocycles. The van der Waals surface area contributed by atoms with Crippen molar-refractivity contribution in [3.8, 4) is 5.75 Å². The zero-order valence-electron chi connectivity index (χ0n) is 9.00. The Hall–Kier alpha value is -2.16. The molecule has 3 nitrogen and oxygen atoms in total. The van der Waals surface area contributed by atoms with Crippen LogP contribution < -0.4 is 4.74 Å². The van der Waals surface area contributed by atoms with E-state index in [1.807, 2.05) is 48.6 Å². The van der Waals surface area contributed by atoms with Crippen molar-refractivity contribution in [2.75, 3.05) is 7.11 Å². The third-order valence-corrected chi connectivity index (χ3v) is 2.16. The molecule has 1 aromatic heterocycles. The molecule has 0 amide bonds. The van der Waals surface area contributed by atoms with E-state index in [2.05, 4.69) is 10.2 Å². The Balaban J connectivity index is 2.12. The first-order chi connectivity index (χ1) is 7.88. The Morgan fingerprint density at radius 2 is 1.88 bits per heavy atom. The lowest BCUT2D eigenvalue weighted by Crippen LogP contribution is -1.83. The number of nitrogens with zero attached hydrogens (tertiary/aromatic N) is 2. The van der Waals surface area contributed by atoms with E-state index in [-0.39, 0.29) is 0 Å². The maximum atomic E-state index is 5.09. The van der Waals surface area contributed by atoms with E-state index in [9.17, 15) is 0 Å². The number of methoxy groups -OCH3 is 1. The van der Waals surface area contributed by atoms with E-state index in [0.29, 0.717) is 0 Å². The van der Waals surface area contributed by atoms with Crippen LogP contribution in [0.1, 0.15) is 11.3 Å². The summed E-state index contributed by atoms with van der Waals surface area (Å²) in [6.45, 7) is 0. The Morgan fingerprint density at radius 3 is 2.50 bits per heavy atom. The molecule has 3 heteroatoms. The van der Waals surface area contributed by atoms with Crippen molar-refractivity contribution in [2.45, 2.75) is 0 Å². The summed E-state index contributed by atoms with van der Waals surface area (Å²) in [5.74, 6) is 0.858. The highest BCUT2D eigenvalue weighted by Crippen LogP contribution is 2.13. The number of ether oxygens (including phenoxy) is 1. The van der Waals surface area contributed by atoms with E-state index < -0.39 is 0 Å². The average molecular weight is 212 g/mol. The molecule has 0 atom stereocenters. The largest absolute Gasteiger partial charge is 0.497 e. The standard InChI is InChI=1S/C13H12N2O/c1-16-13-8-5-11(6-9-13)4-7-12-3-2-10-14-15-12/h2-10H,1H3/b7-4+. The van der Waals surface area contributed by atoms with Crippen molar-refractivity contribution in [2.24, 2.45) is 0 Å². The van der Waals surface area contributed by atoms with Crippen LogP contribution in [0.3, 0.4) is 0 Å². The predicted octanol–water partition coefficient (Wildman–Crippen LogP) is 2.66. The van der Waals surface area contributed by atoms with Gasteiger partial charge in [0.25, 0.3) is 0 Å². The highest BCUT2D eigenvalue weighted by atomic mass is 16.5. The summed E-state index contributed by atoms with van der Waals surface area (Å²) in [6, 6.07) is 11.6. The minimum Gasteiger partial charge on any atom is -0.497 e. The molecule has 0 aliphatic heterocycles. The van der Waals surface area contributed by atoms with Crippen molar-refractivity contribution in [3.63, 3.8) is 0 Å². The Kier molecular flexibility index (Phi) is 3.28. The van der Waals surface area contributed by atoms with Gasteiger partial charge >= 0.3 is 0 Å². The summed E-state index contributed by atoms with van der Waals surface area (Å²) < 4.78 is 5.09. The molecule has 80 valence electrons. The van der Waals surface area contributed by atoms with E-state index in [1.165, 1.54) is 0 Å². The minimum absolute atomic E-state index is 0.846. The average Bonchev–Trinajstić information content (AvgIpc) is 2.38. The molecule has 0 bridgehead atoms. The first-order valence-electron chi connectivity index (χ1n) is 4.98. The van der Waals surface area contributed by atoms with E-state index >= 15 is 0 Å². The fraction of sp³-hybridized carbons (Fsp3) is 0.0769. The highest BCUT2D eigenvalue weighted by Gasteiger charge is 1.90. The molecule has 0 radical (unpaired) electrons. The van der Waals surface area contributed by atoms with Gasteiger partial charge in [0.1, 0.15) is 5.75 Å². The third-order valence-electron chi connectivity index (χ3n) is 2.16. The second-order valence-corrected chi connectivity index (χ2v) is 3.26. The molecular weight excluding hydrogens is 200 g/mol. The van der Waals surface area contributed by atoms with Crippen LogP contribution in [-0.2, 0) is 0 Å². The normalized spacial score (nSPS) is 10.6. The summed E-state index contributed by atoms with van der Waals surface area (Å²) in [7, 11) is 1.66. The lowest BCUT2D eigenvalue weighted by atomic mass is 10.2. The molecule has 2 rings (SSSR count). The van der Waals surface area contributed by atoms with Gasteiger partial charge in [-0.2, -0.15) is 10.2 Å². The maximum absolute atomic E-state index is 5.09. The van der Waals surface area contributed by atoms with Crippen LogP contribution in [0, 0.1) is 0 Å². The van der Waals surface area contributed by atoms with Gasteiger partial charge < -0.3 is 4.74 Å². The predicted molar refractivity (Wildman–Crippen MR) is 64.0 cm³/mol. The Bertz CT molecular complexity index is 463. The van der Waals surface area contributed by atoms with Crippen LogP contribution >= 0.6 is 0 Å². The Morgan fingerprint density at radius 1 is 1.06 bits per heavy atom. The van der Waals surface area contributed by atoms with Crippen molar-refractivity contribution in [1.82, 2.24) is 10.2 Å². The number of benzene rings is 1.